The Morgan fingerprint density at radius 1 is 0.857 bits per heavy atom. The predicted molar refractivity (Wildman–Crippen MR) is 132 cm³/mol. The van der Waals surface area contributed by atoms with Gasteiger partial charge in [-0.2, -0.15) is 0 Å². The van der Waals surface area contributed by atoms with Crippen LogP contribution < -0.4 is 19.6 Å². The molecule has 1 aromatic heterocycles. The number of methoxy groups -OCH3 is 3. The number of nitrogens with zero attached hydrogens (tertiary/aromatic N) is 1. The summed E-state index contributed by atoms with van der Waals surface area (Å²) in [4.78, 5) is 28.9. The second-order valence-electron chi connectivity index (χ2n) is 8.28. The summed E-state index contributed by atoms with van der Waals surface area (Å²) in [5.41, 5.74) is 2.32. The van der Waals surface area contributed by atoms with Crippen LogP contribution in [0.1, 0.15) is 33.3 Å². The number of rotatable bonds is 7. The minimum atomic E-state index is -0.614. The van der Waals surface area contributed by atoms with Gasteiger partial charge in [0.05, 0.1) is 38.3 Å². The fourth-order valence-electron chi connectivity index (χ4n) is 4.61. The van der Waals surface area contributed by atoms with Crippen LogP contribution in [0.2, 0.25) is 0 Å². The van der Waals surface area contributed by atoms with Gasteiger partial charge in [-0.1, -0.05) is 30.3 Å². The average Bonchev–Trinajstić information content (AvgIpc) is 3.18. The number of carbonyl (C=O) groups is 1. The maximum Gasteiger partial charge on any atom is 0.290 e. The largest absolute Gasteiger partial charge is 0.497 e. The van der Waals surface area contributed by atoms with Crippen molar-refractivity contribution < 1.29 is 23.4 Å². The van der Waals surface area contributed by atoms with E-state index in [2.05, 4.69) is 0 Å². The molecule has 0 saturated heterocycles. The summed E-state index contributed by atoms with van der Waals surface area (Å²) in [7, 11) is 4.74. The Morgan fingerprint density at radius 3 is 2.31 bits per heavy atom. The van der Waals surface area contributed by atoms with Crippen molar-refractivity contribution in [3.05, 3.63) is 99.4 Å². The molecule has 1 amide bonds. The van der Waals surface area contributed by atoms with Crippen molar-refractivity contribution in [3.63, 3.8) is 0 Å². The fourth-order valence-corrected chi connectivity index (χ4v) is 4.61. The number of fused-ring (bicyclic) bond motifs is 2. The molecular formula is C28H25NO6. The molecule has 7 heteroatoms. The maximum absolute atomic E-state index is 13.6. The molecule has 0 aliphatic carbocycles. The van der Waals surface area contributed by atoms with Crippen molar-refractivity contribution in [2.75, 3.05) is 27.9 Å². The molecule has 0 spiro atoms. The molecule has 7 nitrogen and oxygen atoms in total. The van der Waals surface area contributed by atoms with Crippen LogP contribution in [0.3, 0.4) is 0 Å². The summed E-state index contributed by atoms with van der Waals surface area (Å²) >= 11 is 0. The Hall–Kier alpha value is -4.26. The van der Waals surface area contributed by atoms with E-state index in [1.807, 2.05) is 30.3 Å². The van der Waals surface area contributed by atoms with Crippen molar-refractivity contribution in [1.29, 1.82) is 0 Å². The van der Waals surface area contributed by atoms with E-state index in [9.17, 15) is 9.59 Å². The van der Waals surface area contributed by atoms with Crippen molar-refractivity contribution in [2.24, 2.45) is 0 Å². The van der Waals surface area contributed by atoms with E-state index in [-0.39, 0.29) is 17.1 Å². The summed E-state index contributed by atoms with van der Waals surface area (Å²) in [6, 6.07) is 19.5. The third-order valence-corrected chi connectivity index (χ3v) is 6.40. The molecular weight excluding hydrogens is 446 g/mol. The van der Waals surface area contributed by atoms with Gasteiger partial charge in [0.2, 0.25) is 5.76 Å². The van der Waals surface area contributed by atoms with Gasteiger partial charge in [0.1, 0.15) is 11.3 Å². The highest BCUT2D eigenvalue weighted by molar-refractivity contribution is 5.99. The Balaban J connectivity index is 1.61. The van der Waals surface area contributed by atoms with Crippen LogP contribution in [-0.4, -0.2) is 38.7 Å². The molecule has 178 valence electrons. The van der Waals surface area contributed by atoms with Crippen molar-refractivity contribution in [1.82, 2.24) is 4.90 Å². The van der Waals surface area contributed by atoms with Crippen LogP contribution in [0.5, 0.6) is 17.2 Å². The third-order valence-electron chi connectivity index (χ3n) is 6.40. The highest BCUT2D eigenvalue weighted by atomic mass is 16.5. The maximum atomic E-state index is 13.6. The second kappa shape index (κ2) is 9.18. The van der Waals surface area contributed by atoms with Crippen LogP contribution in [0, 0.1) is 0 Å². The van der Waals surface area contributed by atoms with Crippen molar-refractivity contribution >= 4 is 16.9 Å². The molecule has 1 unspecified atom stereocenters. The van der Waals surface area contributed by atoms with Crippen LogP contribution in [0.25, 0.3) is 11.0 Å². The first kappa shape index (κ1) is 22.5. The predicted octanol–water partition coefficient (Wildman–Crippen LogP) is 4.61. The molecule has 4 aromatic rings. The van der Waals surface area contributed by atoms with E-state index < -0.39 is 6.04 Å². The first-order valence-electron chi connectivity index (χ1n) is 11.3. The molecule has 35 heavy (non-hydrogen) atoms. The number of carbonyl (C=O) groups excluding carboxylic acids is 1. The van der Waals surface area contributed by atoms with Gasteiger partial charge in [-0.15, -0.1) is 0 Å². The standard InChI is InChI=1S/C28H25NO6/c1-32-19-11-8-17(9-12-19)14-15-29-25(18-10-13-22(33-2)23(16-18)34-3)24-26(30)20-6-4-5-7-21(20)35-27(24)28(29)31/h4-13,16,25H,14-15H2,1-3H3. The van der Waals surface area contributed by atoms with Gasteiger partial charge in [-0.25, -0.2) is 0 Å². The number of hydrogen-bond acceptors (Lipinski definition) is 6. The van der Waals surface area contributed by atoms with E-state index >= 15 is 0 Å². The molecule has 0 fully saturated rings. The minimum absolute atomic E-state index is 0.0863. The summed E-state index contributed by atoms with van der Waals surface area (Å²) < 4.78 is 22.1. The highest BCUT2D eigenvalue weighted by Crippen LogP contribution is 2.41. The lowest BCUT2D eigenvalue weighted by Gasteiger charge is -2.26. The average molecular weight is 472 g/mol. The lowest BCUT2D eigenvalue weighted by Crippen LogP contribution is -2.31. The van der Waals surface area contributed by atoms with Crippen LogP contribution in [-0.2, 0) is 6.42 Å². The molecule has 0 N–H and O–H groups in total. The number of amides is 1. The SMILES string of the molecule is COc1ccc(CCN2C(=O)c3oc4ccccc4c(=O)c3C2c2ccc(OC)c(OC)c2)cc1. The molecule has 0 radical (unpaired) electrons. The van der Waals surface area contributed by atoms with E-state index in [1.54, 1.807) is 62.6 Å². The van der Waals surface area contributed by atoms with Gasteiger partial charge in [0.25, 0.3) is 5.91 Å². The first-order valence-corrected chi connectivity index (χ1v) is 11.3. The van der Waals surface area contributed by atoms with Gasteiger partial charge >= 0.3 is 0 Å². The normalized spacial score (nSPS) is 14.8. The Labute approximate surface area is 202 Å². The van der Waals surface area contributed by atoms with E-state index in [0.29, 0.717) is 41.0 Å². The molecule has 1 aliphatic rings. The second-order valence-corrected chi connectivity index (χ2v) is 8.28. The Bertz CT molecular complexity index is 1460. The lowest BCUT2D eigenvalue weighted by atomic mass is 9.97. The topological polar surface area (TPSA) is 78.2 Å². The molecule has 5 rings (SSSR count). The molecule has 0 bridgehead atoms. The van der Waals surface area contributed by atoms with Gasteiger partial charge in [0.15, 0.2) is 16.9 Å². The Morgan fingerprint density at radius 2 is 1.60 bits per heavy atom. The zero-order valence-electron chi connectivity index (χ0n) is 19.7. The van der Waals surface area contributed by atoms with E-state index in [0.717, 1.165) is 16.9 Å². The van der Waals surface area contributed by atoms with E-state index in [4.69, 9.17) is 18.6 Å². The highest BCUT2D eigenvalue weighted by Gasteiger charge is 2.42. The minimum Gasteiger partial charge on any atom is -0.497 e. The van der Waals surface area contributed by atoms with Gasteiger partial charge in [0, 0.05) is 6.54 Å². The summed E-state index contributed by atoms with van der Waals surface area (Å²) in [5.74, 6) is 1.63. The zero-order chi connectivity index (χ0) is 24.5. The van der Waals surface area contributed by atoms with Crippen LogP contribution in [0.4, 0.5) is 0 Å². The molecule has 1 aliphatic heterocycles. The van der Waals surface area contributed by atoms with Gasteiger partial charge in [-0.05, 0) is 53.9 Å². The summed E-state index contributed by atoms with van der Waals surface area (Å²) in [6.07, 6.45) is 0.598. The van der Waals surface area contributed by atoms with E-state index in [1.165, 1.54) is 0 Å². The Kier molecular flexibility index (Phi) is 5.91. The number of para-hydroxylation sites is 1. The summed E-state index contributed by atoms with van der Waals surface area (Å²) in [6.45, 7) is 0.393. The quantitative estimate of drug-likeness (QED) is 0.392. The van der Waals surface area contributed by atoms with Crippen molar-refractivity contribution in [3.8, 4) is 17.2 Å². The molecule has 3 aromatic carbocycles. The number of benzene rings is 3. The van der Waals surface area contributed by atoms with Crippen LogP contribution >= 0.6 is 0 Å². The fraction of sp³-hybridized carbons (Fsp3) is 0.214. The smallest absolute Gasteiger partial charge is 0.290 e. The van der Waals surface area contributed by atoms with Gasteiger partial charge in [-0.3, -0.25) is 9.59 Å². The monoisotopic (exact) mass is 471 g/mol. The molecule has 1 atom stereocenters. The molecule has 2 heterocycles. The van der Waals surface area contributed by atoms with Crippen molar-refractivity contribution in [2.45, 2.75) is 12.5 Å². The van der Waals surface area contributed by atoms with Gasteiger partial charge < -0.3 is 23.5 Å². The lowest BCUT2D eigenvalue weighted by molar-refractivity contribution is 0.0730. The number of ether oxygens (including phenoxy) is 3. The first-order chi connectivity index (χ1) is 17.0. The zero-order valence-corrected chi connectivity index (χ0v) is 19.7. The van der Waals surface area contributed by atoms with Crippen LogP contribution in [0.15, 0.2) is 75.9 Å². The number of hydrogen-bond donors (Lipinski definition) is 0. The third kappa shape index (κ3) is 3.89. The summed E-state index contributed by atoms with van der Waals surface area (Å²) in [5, 5.41) is 0.446. The molecule has 0 saturated carbocycles.